The molecule has 0 spiro atoms. The second-order valence-electron chi connectivity index (χ2n) is 14.7. The Hall–Kier alpha value is -7.18. The molecule has 0 N–H and O–H groups in total. The summed E-state index contributed by atoms with van der Waals surface area (Å²) in [7, 11) is 0. The van der Waals surface area contributed by atoms with Crippen LogP contribution in [0, 0.1) is 0 Å². The maximum atomic E-state index is 6.41. The lowest BCUT2D eigenvalue weighted by Gasteiger charge is -2.22. The predicted molar refractivity (Wildman–Crippen MR) is 219 cm³/mol. The Morgan fingerprint density at radius 2 is 1.04 bits per heavy atom. The summed E-state index contributed by atoms with van der Waals surface area (Å²) in [4.78, 5) is 20.0. The van der Waals surface area contributed by atoms with Crippen LogP contribution in [0.5, 0.6) is 0 Å². The molecule has 1 aliphatic carbocycles. The lowest BCUT2D eigenvalue weighted by molar-refractivity contribution is 0.614. The van der Waals surface area contributed by atoms with E-state index >= 15 is 0 Å². The highest BCUT2D eigenvalue weighted by molar-refractivity contribution is 6.09. The Balaban J connectivity index is 1.01. The maximum absolute atomic E-state index is 6.41. The fraction of sp³-hybridized carbons (Fsp3) is 0.0612. The average Bonchev–Trinajstić information content (AvgIpc) is 3.90. The summed E-state index contributed by atoms with van der Waals surface area (Å²) in [5.74, 6) is 2.40. The number of fused-ring (bicyclic) bond motifs is 7. The second kappa shape index (κ2) is 11.9. The molecule has 0 fully saturated rings. The van der Waals surface area contributed by atoms with Gasteiger partial charge in [-0.1, -0.05) is 123 Å². The van der Waals surface area contributed by atoms with E-state index in [1.165, 1.54) is 22.3 Å². The summed E-state index contributed by atoms with van der Waals surface area (Å²) in [5.41, 5.74) is 13.8. The molecule has 10 aromatic rings. The molecule has 55 heavy (non-hydrogen) atoms. The third-order valence-electron chi connectivity index (χ3n) is 11.0. The molecule has 0 saturated heterocycles. The fourth-order valence-electron chi connectivity index (χ4n) is 8.14. The van der Waals surface area contributed by atoms with Gasteiger partial charge in [0.2, 0.25) is 5.89 Å². The summed E-state index contributed by atoms with van der Waals surface area (Å²) in [6.07, 6.45) is 0. The molecule has 6 heteroatoms. The molecule has 3 aromatic heterocycles. The Morgan fingerprint density at radius 1 is 0.400 bits per heavy atom. The van der Waals surface area contributed by atoms with Crippen LogP contribution >= 0.6 is 0 Å². The summed E-state index contributed by atoms with van der Waals surface area (Å²) < 4.78 is 12.7. The van der Waals surface area contributed by atoms with Crippen LogP contribution in [-0.4, -0.2) is 19.9 Å². The SMILES string of the molecule is CC1(C)c2cc(-c3cccc(-c4nc(-c5ccccc5)nc(-c5cccc6c5oc5ccccc56)n4)c3)ccc2-c2cc3nc(-c4ccccc4)oc3cc21. The van der Waals surface area contributed by atoms with Crippen LogP contribution in [0.15, 0.2) is 167 Å². The number of benzene rings is 7. The smallest absolute Gasteiger partial charge is 0.227 e. The van der Waals surface area contributed by atoms with E-state index < -0.39 is 0 Å². The number of aromatic nitrogens is 4. The topological polar surface area (TPSA) is 77.8 Å². The maximum Gasteiger partial charge on any atom is 0.227 e. The van der Waals surface area contributed by atoms with Crippen LogP contribution in [-0.2, 0) is 5.41 Å². The first-order chi connectivity index (χ1) is 27.0. The minimum atomic E-state index is -0.239. The molecule has 0 aliphatic heterocycles. The van der Waals surface area contributed by atoms with E-state index in [1.54, 1.807) is 0 Å². The quantitative estimate of drug-likeness (QED) is 0.177. The Morgan fingerprint density at radius 3 is 1.87 bits per heavy atom. The van der Waals surface area contributed by atoms with Gasteiger partial charge in [-0.25, -0.2) is 19.9 Å². The minimum absolute atomic E-state index is 0.239. The van der Waals surface area contributed by atoms with Gasteiger partial charge in [0, 0.05) is 32.9 Å². The molecular formula is C49H32N4O2. The standard InChI is InChI=1S/C49H32N4O2/c1-49(2)39-26-32(23-24-34(39)38-27-41-43(28-40(38)49)55-48(50-41)30-15-7-4-8-16-30)31-17-11-18-33(25-31)46-51-45(29-13-5-3-6-14-29)52-47(53-46)37-21-12-20-36-35-19-9-10-22-42(35)54-44(36)37/h3-28H,1-2H3. The Bertz CT molecular complexity index is 3120. The molecule has 0 radical (unpaired) electrons. The number of para-hydroxylation sites is 2. The number of furan rings is 1. The van der Waals surface area contributed by atoms with Gasteiger partial charge in [0.05, 0.1) is 5.56 Å². The lowest BCUT2D eigenvalue weighted by Crippen LogP contribution is -2.15. The highest BCUT2D eigenvalue weighted by Crippen LogP contribution is 2.51. The molecule has 0 bridgehead atoms. The van der Waals surface area contributed by atoms with Gasteiger partial charge in [0.15, 0.2) is 23.1 Å². The average molecular weight is 709 g/mol. The van der Waals surface area contributed by atoms with Crippen LogP contribution in [0.3, 0.4) is 0 Å². The van der Waals surface area contributed by atoms with Crippen molar-refractivity contribution >= 4 is 33.0 Å². The molecule has 260 valence electrons. The zero-order valence-electron chi connectivity index (χ0n) is 30.1. The van der Waals surface area contributed by atoms with Crippen molar-refractivity contribution in [3.8, 4) is 67.9 Å². The first-order valence-corrected chi connectivity index (χ1v) is 18.5. The molecule has 6 nitrogen and oxygen atoms in total. The molecule has 1 aliphatic rings. The zero-order valence-corrected chi connectivity index (χ0v) is 30.1. The zero-order chi connectivity index (χ0) is 36.7. The van der Waals surface area contributed by atoms with Crippen molar-refractivity contribution in [1.82, 2.24) is 19.9 Å². The molecular weight excluding hydrogens is 677 g/mol. The first-order valence-electron chi connectivity index (χ1n) is 18.5. The van der Waals surface area contributed by atoms with Crippen LogP contribution < -0.4 is 0 Å². The van der Waals surface area contributed by atoms with Crippen molar-refractivity contribution in [2.45, 2.75) is 19.3 Å². The Kier molecular flexibility index (Phi) is 6.79. The van der Waals surface area contributed by atoms with E-state index in [2.05, 4.69) is 80.6 Å². The lowest BCUT2D eigenvalue weighted by atomic mass is 9.81. The van der Waals surface area contributed by atoms with Crippen LogP contribution in [0.2, 0.25) is 0 Å². The van der Waals surface area contributed by atoms with Crippen molar-refractivity contribution in [1.29, 1.82) is 0 Å². The number of nitrogens with zero attached hydrogens (tertiary/aromatic N) is 4. The molecule has 7 aromatic carbocycles. The minimum Gasteiger partial charge on any atom is -0.455 e. The number of hydrogen-bond donors (Lipinski definition) is 0. The molecule has 11 rings (SSSR count). The molecule has 0 atom stereocenters. The number of rotatable bonds is 5. The van der Waals surface area contributed by atoms with Crippen molar-refractivity contribution in [2.75, 3.05) is 0 Å². The molecule has 0 unspecified atom stereocenters. The van der Waals surface area contributed by atoms with Gasteiger partial charge in [-0.05, 0) is 81.9 Å². The van der Waals surface area contributed by atoms with Gasteiger partial charge >= 0.3 is 0 Å². The molecule has 0 amide bonds. The normalized spacial score (nSPS) is 13.1. The fourth-order valence-corrected chi connectivity index (χ4v) is 8.14. The number of hydrogen-bond acceptors (Lipinski definition) is 6. The highest BCUT2D eigenvalue weighted by Gasteiger charge is 2.36. The van der Waals surface area contributed by atoms with Gasteiger partial charge in [0.25, 0.3) is 0 Å². The van der Waals surface area contributed by atoms with Crippen LogP contribution in [0.25, 0.3) is 101 Å². The summed E-state index contributed by atoms with van der Waals surface area (Å²) in [5, 5.41) is 2.09. The van der Waals surface area contributed by atoms with Gasteiger partial charge < -0.3 is 8.83 Å². The van der Waals surface area contributed by atoms with Gasteiger partial charge in [-0.3, -0.25) is 0 Å². The highest BCUT2D eigenvalue weighted by atomic mass is 16.3. The third-order valence-corrected chi connectivity index (χ3v) is 11.0. The van der Waals surface area contributed by atoms with E-state index in [1.807, 2.05) is 91.0 Å². The van der Waals surface area contributed by atoms with E-state index in [9.17, 15) is 0 Å². The summed E-state index contributed by atoms with van der Waals surface area (Å²) in [6.45, 7) is 4.58. The second-order valence-corrected chi connectivity index (χ2v) is 14.7. The van der Waals surface area contributed by atoms with E-state index in [0.29, 0.717) is 23.4 Å². The number of oxazole rings is 1. The summed E-state index contributed by atoms with van der Waals surface area (Å²) in [6, 6.07) is 54.0. The van der Waals surface area contributed by atoms with Crippen molar-refractivity contribution in [3.63, 3.8) is 0 Å². The third kappa shape index (κ3) is 5.02. The predicted octanol–water partition coefficient (Wildman–Crippen LogP) is 12.6. The van der Waals surface area contributed by atoms with Gasteiger partial charge in [-0.2, -0.15) is 0 Å². The van der Waals surface area contributed by atoms with Gasteiger partial charge in [-0.15, -0.1) is 0 Å². The molecule has 0 saturated carbocycles. The van der Waals surface area contributed by atoms with Crippen molar-refractivity contribution in [2.24, 2.45) is 0 Å². The Labute approximate surface area is 316 Å². The van der Waals surface area contributed by atoms with Crippen LogP contribution in [0.4, 0.5) is 0 Å². The van der Waals surface area contributed by atoms with Crippen LogP contribution in [0.1, 0.15) is 25.0 Å². The van der Waals surface area contributed by atoms with E-state index in [0.717, 1.165) is 66.4 Å². The van der Waals surface area contributed by atoms with Crippen molar-refractivity contribution < 1.29 is 8.83 Å². The largest absolute Gasteiger partial charge is 0.455 e. The van der Waals surface area contributed by atoms with E-state index in [-0.39, 0.29) is 5.41 Å². The van der Waals surface area contributed by atoms with E-state index in [4.69, 9.17) is 28.8 Å². The summed E-state index contributed by atoms with van der Waals surface area (Å²) >= 11 is 0. The first kappa shape index (κ1) is 31.4. The van der Waals surface area contributed by atoms with Crippen molar-refractivity contribution in [3.05, 3.63) is 169 Å². The van der Waals surface area contributed by atoms with Gasteiger partial charge in [0.1, 0.15) is 16.7 Å². The monoisotopic (exact) mass is 708 g/mol. The molecule has 3 heterocycles.